The van der Waals surface area contributed by atoms with E-state index in [9.17, 15) is 14.4 Å². The zero-order valence-electron chi connectivity index (χ0n) is 20.5. The summed E-state index contributed by atoms with van der Waals surface area (Å²) in [6.07, 6.45) is 8.49. The van der Waals surface area contributed by atoms with Gasteiger partial charge in [-0.3, -0.25) is 14.4 Å². The monoisotopic (exact) mass is 468 g/mol. The summed E-state index contributed by atoms with van der Waals surface area (Å²) in [7, 11) is -0.513. The number of Topliss-reactive ketones (excluding diaryl/α,β-unsaturated/α-hetero) is 1. The first-order chi connectivity index (χ1) is 15.1. The summed E-state index contributed by atoms with van der Waals surface area (Å²) in [5, 5.41) is 9.96. The Morgan fingerprint density at radius 1 is 1.09 bits per heavy atom. The van der Waals surface area contributed by atoms with Gasteiger partial charge >= 0.3 is 0 Å². The van der Waals surface area contributed by atoms with Gasteiger partial charge in [0.1, 0.15) is 6.04 Å². The molecule has 8 nitrogen and oxygen atoms in total. The smallest absolute Gasteiger partial charge is 0.243 e. The van der Waals surface area contributed by atoms with Crippen LogP contribution in [0.15, 0.2) is 4.76 Å². The van der Waals surface area contributed by atoms with Crippen LogP contribution in [0.25, 0.3) is 5.32 Å². The maximum absolute atomic E-state index is 12.9. The van der Waals surface area contributed by atoms with Gasteiger partial charge in [0.05, 0.1) is 6.04 Å². The molecule has 9 heteroatoms. The van der Waals surface area contributed by atoms with E-state index < -0.39 is 20.2 Å². The Kier molecular flexibility index (Phi) is 13.5. The highest BCUT2D eigenvalue weighted by atomic mass is 31.1. The number of carbonyl (C=O) groups excluding carboxylic acids is 3. The molecule has 0 heterocycles. The third-order valence-corrected chi connectivity index (χ3v) is 6.54. The quantitative estimate of drug-likeness (QED) is 0.165. The summed E-state index contributed by atoms with van der Waals surface area (Å²) in [5.74, 6) is 0.192. The number of hydrogen-bond donors (Lipinski definition) is 3. The van der Waals surface area contributed by atoms with Gasteiger partial charge in [0.15, 0.2) is 5.78 Å². The van der Waals surface area contributed by atoms with Gasteiger partial charge in [-0.05, 0) is 58.4 Å². The average molecular weight is 469 g/mol. The lowest BCUT2D eigenvalue weighted by Gasteiger charge is -2.26. The Morgan fingerprint density at radius 2 is 1.72 bits per heavy atom. The van der Waals surface area contributed by atoms with Crippen LogP contribution >= 0.6 is 8.07 Å². The standard InChI is InChI=1S/C23H44N5O3P/c1-6-19(17(3)29)26-22(31)20(13-10-14-25-23(24)28-32(4)5)27-21(30)16(2)15-18-11-8-7-9-12-18/h16,18-20H,6-15H2,1-5H3,(H5,24,25,26,27,28,30,31)/p-1. The largest absolute Gasteiger partial charge is 0.454 e. The summed E-state index contributed by atoms with van der Waals surface area (Å²) in [4.78, 5) is 37.5. The second-order valence-electron chi connectivity index (χ2n) is 9.11. The average Bonchev–Trinajstić information content (AvgIpc) is 2.73. The third-order valence-electron chi connectivity index (χ3n) is 5.93. The van der Waals surface area contributed by atoms with Crippen molar-refractivity contribution in [3.05, 3.63) is 5.32 Å². The van der Waals surface area contributed by atoms with Crippen LogP contribution in [0.3, 0.4) is 0 Å². The summed E-state index contributed by atoms with van der Waals surface area (Å²) in [5.41, 5.74) is 5.79. The maximum atomic E-state index is 12.9. The molecule has 0 bridgehead atoms. The molecule has 0 aromatic rings. The van der Waals surface area contributed by atoms with Crippen LogP contribution in [-0.4, -0.2) is 55.5 Å². The molecular formula is C23H43N5O3P-. The molecule has 1 aliphatic carbocycles. The minimum Gasteiger partial charge on any atom is -0.454 e. The SMILES string of the molecule is CCC(NC(=O)C(CCC[N-]/C(N)=N\P(C)C)NC(=O)C(C)CC1CCCCC1)C(C)=O. The van der Waals surface area contributed by atoms with Crippen molar-refractivity contribution in [3.8, 4) is 0 Å². The summed E-state index contributed by atoms with van der Waals surface area (Å²) in [6, 6.07) is -1.24. The summed E-state index contributed by atoms with van der Waals surface area (Å²) < 4.78 is 4.23. The lowest BCUT2D eigenvalue weighted by molar-refractivity contribution is -0.132. The molecule has 4 N–H and O–H groups in total. The van der Waals surface area contributed by atoms with Gasteiger partial charge in [0.2, 0.25) is 11.8 Å². The van der Waals surface area contributed by atoms with Gasteiger partial charge in [-0.1, -0.05) is 54.0 Å². The van der Waals surface area contributed by atoms with E-state index in [1.165, 1.54) is 39.0 Å². The highest BCUT2D eigenvalue weighted by molar-refractivity contribution is 7.54. The number of ketones is 1. The van der Waals surface area contributed by atoms with Crippen LogP contribution in [0.4, 0.5) is 0 Å². The number of nitrogens with two attached hydrogens (primary N) is 1. The second-order valence-corrected chi connectivity index (χ2v) is 11.0. The fraction of sp³-hybridized carbons (Fsp3) is 0.826. The summed E-state index contributed by atoms with van der Waals surface area (Å²) in [6.45, 7) is 9.65. The van der Waals surface area contributed by atoms with Gasteiger partial charge in [-0.2, -0.15) is 0 Å². The molecule has 1 aliphatic rings. The fourth-order valence-electron chi connectivity index (χ4n) is 4.10. The Hall–Kier alpha value is -1.69. The van der Waals surface area contributed by atoms with Crippen LogP contribution < -0.4 is 16.4 Å². The van der Waals surface area contributed by atoms with E-state index in [1.54, 1.807) is 0 Å². The third kappa shape index (κ3) is 11.3. The van der Waals surface area contributed by atoms with Crippen molar-refractivity contribution in [2.75, 3.05) is 19.9 Å². The van der Waals surface area contributed by atoms with Gasteiger partial charge < -0.3 is 26.4 Å². The lowest BCUT2D eigenvalue weighted by atomic mass is 9.83. The Balaban J connectivity index is 2.69. The van der Waals surface area contributed by atoms with Crippen molar-refractivity contribution in [2.24, 2.45) is 22.3 Å². The first-order valence-electron chi connectivity index (χ1n) is 11.9. The number of hydrogen-bond acceptors (Lipinski definition) is 4. The van der Waals surface area contributed by atoms with Crippen molar-refractivity contribution >= 4 is 31.6 Å². The van der Waals surface area contributed by atoms with E-state index in [-0.39, 0.29) is 29.5 Å². The molecule has 0 radical (unpaired) electrons. The molecule has 0 aromatic carbocycles. The van der Waals surface area contributed by atoms with Crippen molar-refractivity contribution < 1.29 is 14.4 Å². The molecule has 32 heavy (non-hydrogen) atoms. The predicted octanol–water partition coefficient (Wildman–Crippen LogP) is 3.69. The van der Waals surface area contributed by atoms with Crippen LogP contribution in [0.1, 0.15) is 78.6 Å². The predicted molar refractivity (Wildman–Crippen MR) is 133 cm³/mol. The molecule has 2 amide bonds. The second kappa shape index (κ2) is 15.2. The van der Waals surface area contributed by atoms with Crippen LogP contribution in [-0.2, 0) is 14.4 Å². The van der Waals surface area contributed by atoms with E-state index >= 15 is 0 Å². The van der Waals surface area contributed by atoms with E-state index in [1.807, 2.05) is 27.2 Å². The van der Waals surface area contributed by atoms with Crippen molar-refractivity contribution in [2.45, 2.75) is 90.6 Å². The van der Waals surface area contributed by atoms with E-state index in [2.05, 4.69) is 20.7 Å². The lowest BCUT2D eigenvalue weighted by Crippen LogP contribution is -2.52. The molecule has 0 spiro atoms. The maximum Gasteiger partial charge on any atom is 0.243 e. The number of nitrogens with one attached hydrogen (secondary N) is 2. The minimum absolute atomic E-state index is 0.0915. The molecule has 184 valence electrons. The molecule has 1 fully saturated rings. The van der Waals surface area contributed by atoms with Crippen LogP contribution in [0, 0.1) is 11.8 Å². The summed E-state index contributed by atoms with van der Waals surface area (Å²) >= 11 is 0. The minimum atomic E-state index is -0.701. The van der Waals surface area contributed by atoms with Gasteiger partial charge in [0, 0.05) is 11.9 Å². The Labute approximate surface area is 195 Å². The van der Waals surface area contributed by atoms with Crippen molar-refractivity contribution in [1.82, 2.24) is 10.6 Å². The number of nitrogens with zero attached hydrogens (tertiary/aromatic N) is 2. The first-order valence-corrected chi connectivity index (χ1v) is 14.1. The van der Waals surface area contributed by atoms with E-state index in [4.69, 9.17) is 5.73 Å². The zero-order chi connectivity index (χ0) is 24.1. The van der Waals surface area contributed by atoms with Gasteiger partial charge in [-0.25, -0.2) is 0 Å². The van der Waals surface area contributed by atoms with Crippen molar-refractivity contribution in [3.63, 3.8) is 0 Å². The molecule has 1 rings (SSSR count). The van der Waals surface area contributed by atoms with Crippen LogP contribution in [0.2, 0.25) is 0 Å². The molecule has 0 aliphatic heterocycles. The van der Waals surface area contributed by atoms with Crippen LogP contribution in [0.5, 0.6) is 0 Å². The Bertz CT molecular complexity index is 635. The highest BCUT2D eigenvalue weighted by Crippen LogP contribution is 2.29. The molecule has 3 atom stereocenters. The molecule has 3 unspecified atom stereocenters. The number of guanidine groups is 1. The van der Waals surface area contributed by atoms with Gasteiger partial charge in [-0.15, -0.1) is 0 Å². The molecular weight excluding hydrogens is 425 g/mol. The number of carbonyl (C=O) groups is 3. The zero-order valence-corrected chi connectivity index (χ0v) is 21.4. The number of amides is 2. The Morgan fingerprint density at radius 3 is 2.28 bits per heavy atom. The first kappa shape index (κ1) is 28.3. The molecule has 0 saturated heterocycles. The highest BCUT2D eigenvalue weighted by Gasteiger charge is 2.27. The van der Waals surface area contributed by atoms with Crippen molar-refractivity contribution in [1.29, 1.82) is 0 Å². The number of rotatable bonds is 13. The fourth-order valence-corrected chi connectivity index (χ4v) is 4.57. The molecule has 0 aromatic heterocycles. The normalized spacial score (nSPS) is 18.0. The van der Waals surface area contributed by atoms with E-state index in [0.29, 0.717) is 31.7 Å². The van der Waals surface area contributed by atoms with E-state index in [0.717, 1.165) is 6.42 Å². The van der Waals surface area contributed by atoms with Gasteiger partial charge in [0.25, 0.3) is 0 Å². The molecule has 1 saturated carbocycles. The topological polar surface area (TPSA) is 128 Å².